The Labute approximate surface area is 206 Å². The zero-order valence-corrected chi connectivity index (χ0v) is 20.3. The number of benzene rings is 2. The van der Waals surface area contributed by atoms with Crippen molar-refractivity contribution in [3.8, 4) is 24.3 Å². The third-order valence-electron chi connectivity index (χ3n) is 5.46. The van der Waals surface area contributed by atoms with Crippen molar-refractivity contribution in [3.63, 3.8) is 0 Å². The number of aryl methyl sites for hydroxylation is 2. The fourth-order valence-electron chi connectivity index (χ4n) is 3.71. The molecule has 5 rings (SSSR count). The Balaban J connectivity index is 0.000000324. The first-order valence-corrected chi connectivity index (χ1v) is 11.4. The molecular weight excluding hydrogens is 441 g/mol. The maximum Gasteiger partial charge on any atom is 0.174 e. The van der Waals surface area contributed by atoms with Gasteiger partial charge in [-0.15, -0.1) is 12.8 Å². The van der Waals surface area contributed by atoms with E-state index in [9.17, 15) is 4.39 Å². The maximum absolute atomic E-state index is 11.9. The molecule has 0 N–H and O–H groups in total. The van der Waals surface area contributed by atoms with Gasteiger partial charge in [0.25, 0.3) is 0 Å². The van der Waals surface area contributed by atoms with Gasteiger partial charge in [-0.05, 0) is 55.2 Å². The minimum absolute atomic E-state index is 0.178. The minimum Gasteiger partial charge on any atom is -0.495 e. The van der Waals surface area contributed by atoms with Gasteiger partial charge in [0.05, 0.1) is 24.8 Å². The van der Waals surface area contributed by atoms with Gasteiger partial charge >= 0.3 is 0 Å². The van der Waals surface area contributed by atoms with Gasteiger partial charge in [-0.1, -0.05) is 37.3 Å². The van der Waals surface area contributed by atoms with Crippen molar-refractivity contribution in [2.45, 2.75) is 33.2 Å². The van der Waals surface area contributed by atoms with Crippen molar-refractivity contribution in [3.05, 3.63) is 89.8 Å². The molecule has 2 aromatic carbocycles. The lowest BCUT2D eigenvalue weighted by molar-refractivity contribution is 0.367. The monoisotopic (exact) mass is 471 g/mol. The molecule has 0 saturated heterocycles. The summed E-state index contributed by atoms with van der Waals surface area (Å²) in [4.78, 5) is 8.91. The zero-order valence-electron chi connectivity index (χ0n) is 20.3. The van der Waals surface area contributed by atoms with Crippen molar-refractivity contribution in [1.29, 1.82) is 0 Å². The lowest BCUT2D eigenvalue weighted by Gasteiger charge is -2.17. The zero-order chi connectivity index (χ0) is 25.2. The molecule has 0 amide bonds. The number of imidazole rings is 1. The highest BCUT2D eigenvalue weighted by Crippen LogP contribution is 2.25. The average Bonchev–Trinajstić information content (AvgIpc) is 3.50. The van der Waals surface area contributed by atoms with Crippen LogP contribution in [-0.4, -0.2) is 31.4 Å². The number of aromatic nitrogens is 5. The van der Waals surface area contributed by atoms with Crippen LogP contribution in [-0.2, 0) is 13.0 Å². The van der Waals surface area contributed by atoms with Crippen molar-refractivity contribution < 1.29 is 9.13 Å². The van der Waals surface area contributed by atoms with Crippen LogP contribution in [0.4, 0.5) is 4.39 Å². The Hall–Kier alpha value is -4.18. The SMILES string of the molecule is C#C.COc1cc(/C=C/c2nc3n(n2)C[C@@H](C)CC3)ccc1-n1cnc(C)c1.Fc1ccccc1. The highest BCUT2D eigenvalue weighted by Gasteiger charge is 2.17. The van der Waals surface area contributed by atoms with Gasteiger partial charge in [0.2, 0.25) is 0 Å². The Morgan fingerprint density at radius 1 is 1.11 bits per heavy atom. The highest BCUT2D eigenvalue weighted by molar-refractivity contribution is 5.69. The second kappa shape index (κ2) is 12.3. The number of terminal acetylenes is 1. The predicted octanol–water partition coefficient (Wildman–Crippen LogP) is 5.61. The van der Waals surface area contributed by atoms with Crippen LogP contribution in [0, 0.1) is 31.5 Å². The fourth-order valence-corrected chi connectivity index (χ4v) is 3.71. The van der Waals surface area contributed by atoms with E-state index in [2.05, 4.69) is 40.9 Å². The molecule has 0 spiro atoms. The molecule has 1 aliphatic rings. The summed E-state index contributed by atoms with van der Waals surface area (Å²) in [5.74, 6) is 3.15. The molecule has 0 fully saturated rings. The Morgan fingerprint density at radius 3 is 2.51 bits per heavy atom. The molecule has 6 nitrogen and oxygen atoms in total. The van der Waals surface area contributed by atoms with E-state index in [1.165, 1.54) is 18.6 Å². The Kier molecular flexibility index (Phi) is 8.96. The molecule has 0 bridgehead atoms. The number of hydrogen-bond donors (Lipinski definition) is 0. The minimum atomic E-state index is -0.178. The van der Waals surface area contributed by atoms with Gasteiger partial charge in [-0.3, -0.25) is 0 Å². The van der Waals surface area contributed by atoms with Gasteiger partial charge in [0.1, 0.15) is 17.4 Å². The molecule has 0 unspecified atom stereocenters. The largest absolute Gasteiger partial charge is 0.495 e. The maximum atomic E-state index is 11.9. The van der Waals surface area contributed by atoms with E-state index in [1.54, 1.807) is 31.6 Å². The standard InChI is InChI=1S/C20H23N5O.C6H5F.C2H2/c1-14-4-9-20-22-19(23-25(20)11-14)8-6-16-5-7-17(18(10-16)26-3)24-12-15(2)21-13-24;7-6-4-2-1-3-5-6;1-2/h5-8,10,12-14H,4,9,11H2,1-3H3;1-5H;1-2H/b8-6+;;/t14-;;/m0../s1. The van der Waals surface area contributed by atoms with Crippen molar-refractivity contribution in [2.75, 3.05) is 7.11 Å². The van der Waals surface area contributed by atoms with Crippen LogP contribution < -0.4 is 4.74 Å². The normalized spacial score (nSPS) is 14.3. The second-order valence-corrected chi connectivity index (χ2v) is 8.19. The first-order valence-electron chi connectivity index (χ1n) is 11.4. The van der Waals surface area contributed by atoms with Crippen LogP contribution in [0.2, 0.25) is 0 Å². The molecule has 0 aliphatic carbocycles. The highest BCUT2D eigenvalue weighted by atomic mass is 19.1. The van der Waals surface area contributed by atoms with Crippen LogP contribution in [0.25, 0.3) is 17.8 Å². The van der Waals surface area contributed by atoms with Gasteiger partial charge in [-0.2, -0.15) is 5.10 Å². The Morgan fingerprint density at radius 2 is 1.89 bits per heavy atom. The van der Waals surface area contributed by atoms with E-state index in [4.69, 9.17) is 4.74 Å². The third kappa shape index (κ3) is 6.90. The number of hydrogen-bond acceptors (Lipinski definition) is 4. The molecule has 0 radical (unpaired) electrons. The van der Waals surface area contributed by atoms with E-state index >= 15 is 0 Å². The summed E-state index contributed by atoms with van der Waals surface area (Å²) in [7, 11) is 1.68. The van der Waals surface area contributed by atoms with E-state index in [0.717, 1.165) is 47.3 Å². The van der Waals surface area contributed by atoms with Crippen LogP contribution >= 0.6 is 0 Å². The van der Waals surface area contributed by atoms with Crippen LogP contribution in [0.1, 0.15) is 36.3 Å². The van der Waals surface area contributed by atoms with E-state index < -0.39 is 0 Å². The van der Waals surface area contributed by atoms with Gasteiger partial charge < -0.3 is 9.30 Å². The van der Waals surface area contributed by atoms with Crippen LogP contribution in [0.3, 0.4) is 0 Å². The quantitative estimate of drug-likeness (QED) is 0.363. The number of nitrogens with zero attached hydrogens (tertiary/aromatic N) is 5. The smallest absolute Gasteiger partial charge is 0.174 e. The average molecular weight is 472 g/mol. The molecule has 3 heterocycles. The first kappa shape index (κ1) is 25.4. The fraction of sp³-hybridized carbons (Fsp3) is 0.250. The number of ether oxygens (including phenoxy) is 1. The summed E-state index contributed by atoms with van der Waals surface area (Å²) in [5.41, 5.74) is 2.98. The lowest BCUT2D eigenvalue weighted by atomic mass is 10.0. The summed E-state index contributed by atoms with van der Waals surface area (Å²) in [6.07, 6.45) is 18.0. The van der Waals surface area contributed by atoms with Gasteiger partial charge in [0, 0.05) is 19.2 Å². The molecule has 7 heteroatoms. The topological polar surface area (TPSA) is 57.8 Å². The molecule has 1 aliphatic heterocycles. The molecule has 180 valence electrons. The third-order valence-corrected chi connectivity index (χ3v) is 5.46. The van der Waals surface area contributed by atoms with Gasteiger partial charge in [0.15, 0.2) is 5.82 Å². The molecule has 35 heavy (non-hydrogen) atoms. The molecule has 2 aromatic heterocycles. The molecule has 0 saturated carbocycles. The molecular formula is C28H30FN5O. The van der Waals surface area contributed by atoms with Crippen molar-refractivity contribution in [2.24, 2.45) is 5.92 Å². The van der Waals surface area contributed by atoms with Gasteiger partial charge in [-0.25, -0.2) is 19.0 Å². The van der Waals surface area contributed by atoms with E-state index in [1.807, 2.05) is 46.7 Å². The van der Waals surface area contributed by atoms with E-state index in [-0.39, 0.29) is 5.82 Å². The summed E-state index contributed by atoms with van der Waals surface area (Å²) in [6.45, 7) is 5.19. The summed E-state index contributed by atoms with van der Waals surface area (Å²) in [6, 6.07) is 14.0. The number of halogens is 1. The number of fused-ring (bicyclic) bond motifs is 1. The molecule has 4 aromatic rings. The van der Waals surface area contributed by atoms with Crippen molar-refractivity contribution >= 4 is 12.2 Å². The van der Waals surface area contributed by atoms with Crippen LogP contribution in [0.15, 0.2) is 61.1 Å². The first-order chi connectivity index (χ1) is 17.0. The summed E-state index contributed by atoms with van der Waals surface area (Å²) < 4.78 is 21.5. The summed E-state index contributed by atoms with van der Waals surface area (Å²) in [5, 5.41) is 4.60. The molecule has 1 atom stereocenters. The Bertz CT molecular complexity index is 1270. The second-order valence-electron chi connectivity index (χ2n) is 8.19. The summed E-state index contributed by atoms with van der Waals surface area (Å²) >= 11 is 0. The number of methoxy groups -OCH3 is 1. The number of rotatable bonds is 4. The predicted molar refractivity (Wildman–Crippen MR) is 138 cm³/mol. The van der Waals surface area contributed by atoms with E-state index in [0.29, 0.717) is 5.92 Å². The van der Waals surface area contributed by atoms with Crippen LogP contribution in [0.5, 0.6) is 5.75 Å². The lowest BCUT2D eigenvalue weighted by Crippen LogP contribution is -2.18. The van der Waals surface area contributed by atoms with Crippen molar-refractivity contribution in [1.82, 2.24) is 24.3 Å².